The van der Waals surface area contributed by atoms with Crippen molar-refractivity contribution in [2.24, 2.45) is 0 Å². The molecule has 4 amide bonds. The van der Waals surface area contributed by atoms with E-state index in [1.807, 2.05) is 0 Å². The first kappa shape index (κ1) is 77.7. The first-order valence-electron chi connectivity index (χ1n) is 45.5. The van der Waals surface area contributed by atoms with Gasteiger partial charge in [0.05, 0.1) is 11.4 Å². The van der Waals surface area contributed by atoms with E-state index in [-0.39, 0.29) is 47.3 Å². The minimum atomic E-state index is -0.227. The number of imide groups is 2. The van der Waals surface area contributed by atoms with Crippen LogP contribution in [0.3, 0.4) is 0 Å². The molecule has 2 heterocycles. The van der Waals surface area contributed by atoms with Crippen LogP contribution < -0.4 is 9.80 Å². The summed E-state index contributed by atoms with van der Waals surface area (Å²) in [5.41, 5.74) is 13.4. The lowest BCUT2D eigenvalue weighted by molar-refractivity contribution is 0.0877. The van der Waals surface area contributed by atoms with Crippen molar-refractivity contribution in [2.45, 2.75) is 338 Å². The topological polar surface area (TPSA) is 74.8 Å². The second-order valence-corrected chi connectivity index (χ2v) is 36.5. The monoisotopic (exact) mass is 1490 g/mol. The largest absolute Gasteiger partial charge is 0.268 e. The molecule has 0 spiro atoms. The van der Waals surface area contributed by atoms with Crippen LogP contribution in [0.15, 0.2) is 84.9 Å². The number of aryl methyl sites for hydroxylation is 4. The molecular weight excluding hydrogens is 1370 g/mol. The molecule has 0 bridgehead atoms. The second-order valence-electron chi connectivity index (χ2n) is 36.5. The molecule has 16 rings (SSSR count). The molecule has 0 saturated carbocycles. The van der Waals surface area contributed by atoms with Crippen LogP contribution in [-0.2, 0) is 25.7 Å². The molecule has 0 N–H and O–H groups in total. The van der Waals surface area contributed by atoms with E-state index in [0.29, 0.717) is 22.3 Å². The van der Waals surface area contributed by atoms with Crippen molar-refractivity contribution in [3.05, 3.63) is 152 Å². The third-order valence-electron chi connectivity index (χ3n) is 27.3. The minimum Gasteiger partial charge on any atom is -0.268 e. The summed E-state index contributed by atoms with van der Waals surface area (Å²) in [6.07, 6.45) is 42.4. The maximum atomic E-state index is 16.7. The third kappa shape index (κ3) is 13.2. The SMILES string of the molecule is CCCCCCCCCCc1cc2cc3c4c(cc5cc(CCCCCCCCCC)c6c7c(CCCCCCCCCC)cc8cc9c%10c(cc%11cc(CCCCCCCCCC)c%12c1c1c2c4c5c6c1c1c%12c%11c%10c8c71)C(=O)N(c1c(C(C)C)cccc1C(C)C)C9=O)C(=O)N(c1c(C(C)C)cccc1C(C)C)C3=O. The van der Waals surface area contributed by atoms with Crippen molar-refractivity contribution in [1.82, 2.24) is 0 Å². The zero-order valence-electron chi connectivity index (χ0n) is 70.4. The molecule has 6 nitrogen and oxygen atoms in total. The summed E-state index contributed by atoms with van der Waals surface area (Å²) in [6, 6.07) is 32.0. The van der Waals surface area contributed by atoms with Crippen molar-refractivity contribution in [3.63, 3.8) is 0 Å². The van der Waals surface area contributed by atoms with Crippen LogP contribution in [0.1, 0.15) is 398 Å². The van der Waals surface area contributed by atoms with Crippen LogP contribution in [0, 0.1) is 0 Å². The summed E-state index contributed by atoms with van der Waals surface area (Å²) in [5, 5.41) is 26.1. The molecule has 2 aliphatic heterocycles. The van der Waals surface area contributed by atoms with Gasteiger partial charge in [-0.15, -0.1) is 0 Å². The predicted molar refractivity (Wildman–Crippen MR) is 483 cm³/mol. The van der Waals surface area contributed by atoms with Crippen LogP contribution in [0.5, 0.6) is 0 Å². The van der Waals surface area contributed by atoms with Gasteiger partial charge in [-0.3, -0.25) is 19.2 Å². The first-order chi connectivity index (χ1) is 54.6. The Morgan fingerprint density at radius 1 is 0.223 bits per heavy atom. The molecule has 0 aliphatic carbocycles. The number of hydrogen-bond donors (Lipinski definition) is 0. The Morgan fingerprint density at radius 2 is 0.411 bits per heavy atom. The zero-order valence-corrected chi connectivity index (χ0v) is 70.4. The Hall–Kier alpha value is -8.22. The van der Waals surface area contributed by atoms with Crippen LogP contribution in [0.4, 0.5) is 11.4 Å². The number of para-hydroxylation sites is 2. The Labute approximate surface area is 668 Å². The lowest BCUT2D eigenvalue weighted by Gasteiger charge is -2.35. The number of anilines is 2. The molecule has 584 valence electrons. The number of carbonyl (C=O) groups excluding carboxylic acids is 4. The fourth-order valence-corrected chi connectivity index (χ4v) is 21.8. The van der Waals surface area contributed by atoms with Crippen LogP contribution in [0.2, 0.25) is 0 Å². The standard InChI is InChI=1S/C106H126N2O4/c1-13-17-21-25-29-33-37-41-47-67-55-71-59-79-91-80(104(110)107(103(79)109)101-75(63(5)6)51-45-52-76(101)64(7)8)61-73-57-69(49-43-39-35-31-27-23-19-15-3)85-86-70(50-44-40-36-32-28-24-20-16-4)58-74-62-82-92-81(105(111)108(106(82)112)102-77(65(9)10)53-46-54-78(102)66(11)12)60-72-56-68(48-42-38-34-30-26-22-18-14-2)84-83(67)95-87(71)93(91)89(73)97(85)99(95)100-96(84)88(72)94(92)90(74)98(86)100/h45-46,51-66H,13-44,47-50H2,1-12H3. The molecular formula is C106H126N2O4. The summed E-state index contributed by atoms with van der Waals surface area (Å²) in [4.78, 5) is 69.9. The summed E-state index contributed by atoms with van der Waals surface area (Å²) in [7, 11) is 0. The molecule has 0 unspecified atom stereocenters. The number of benzene rings is 14. The van der Waals surface area contributed by atoms with Crippen molar-refractivity contribution in [3.8, 4) is 0 Å². The van der Waals surface area contributed by atoms with Crippen molar-refractivity contribution < 1.29 is 19.2 Å². The van der Waals surface area contributed by atoms with E-state index < -0.39 is 0 Å². The van der Waals surface area contributed by atoms with E-state index in [0.717, 1.165) is 154 Å². The molecule has 2 aliphatic rings. The van der Waals surface area contributed by atoms with E-state index in [9.17, 15) is 0 Å². The van der Waals surface area contributed by atoms with Crippen molar-refractivity contribution >= 4 is 154 Å². The summed E-state index contributed by atoms with van der Waals surface area (Å²) >= 11 is 0. The van der Waals surface area contributed by atoms with E-state index in [1.54, 1.807) is 9.80 Å². The average Bonchev–Trinajstić information content (AvgIpc) is 0.640. The zero-order chi connectivity index (χ0) is 77.9. The van der Waals surface area contributed by atoms with Gasteiger partial charge >= 0.3 is 0 Å². The van der Waals surface area contributed by atoms with Gasteiger partial charge in [-0.2, -0.15) is 0 Å². The van der Waals surface area contributed by atoms with Crippen LogP contribution >= 0.6 is 0 Å². The van der Waals surface area contributed by atoms with Gasteiger partial charge in [-0.25, -0.2) is 9.80 Å². The number of rotatable bonds is 42. The van der Waals surface area contributed by atoms with Gasteiger partial charge in [0.1, 0.15) is 0 Å². The van der Waals surface area contributed by atoms with Crippen molar-refractivity contribution in [1.29, 1.82) is 0 Å². The van der Waals surface area contributed by atoms with E-state index >= 15 is 19.2 Å². The maximum absolute atomic E-state index is 16.7. The molecule has 112 heavy (non-hydrogen) atoms. The number of carbonyl (C=O) groups is 4. The highest BCUT2D eigenvalue weighted by molar-refractivity contribution is 6.60. The van der Waals surface area contributed by atoms with Crippen LogP contribution in [0.25, 0.3) is 118 Å². The molecule has 0 saturated heterocycles. The molecule has 0 radical (unpaired) electrons. The average molecular weight is 1490 g/mol. The summed E-state index contributed by atoms with van der Waals surface area (Å²) in [5.74, 6) is -0.643. The quantitative estimate of drug-likeness (QED) is 0.0165. The van der Waals surface area contributed by atoms with Gasteiger partial charge in [0, 0.05) is 43.8 Å². The molecule has 0 fully saturated rings. The minimum absolute atomic E-state index is 0.0664. The highest BCUT2D eigenvalue weighted by Gasteiger charge is 2.44. The number of amides is 4. The van der Waals surface area contributed by atoms with Gasteiger partial charge in [-0.1, -0.05) is 324 Å². The first-order valence-corrected chi connectivity index (χ1v) is 45.5. The summed E-state index contributed by atoms with van der Waals surface area (Å²) < 4.78 is 0. The van der Waals surface area contributed by atoms with Gasteiger partial charge in [0.2, 0.25) is 0 Å². The number of unbranched alkanes of at least 4 members (excludes halogenated alkanes) is 28. The predicted octanol–water partition coefficient (Wildman–Crippen LogP) is 31.8. The smallest absolute Gasteiger partial charge is 0.266 e. The van der Waals surface area contributed by atoms with Gasteiger partial charge in [0.25, 0.3) is 23.6 Å². The Kier molecular flexibility index (Phi) is 22.9. The van der Waals surface area contributed by atoms with Crippen molar-refractivity contribution in [2.75, 3.05) is 9.80 Å². The number of nitrogens with zero attached hydrogens (tertiary/aromatic N) is 2. The van der Waals surface area contributed by atoms with E-state index in [1.165, 1.54) is 252 Å². The van der Waals surface area contributed by atoms with Gasteiger partial charge < -0.3 is 0 Å². The fourth-order valence-electron chi connectivity index (χ4n) is 21.8. The normalized spacial score (nSPS) is 13.9. The number of hydrogen-bond acceptors (Lipinski definition) is 4. The van der Waals surface area contributed by atoms with Gasteiger partial charge in [0.15, 0.2) is 0 Å². The molecule has 0 atom stereocenters. The number of fused-ring (bicyclic) bond motifs is 2. The van der Waals surface area contributed by atoms with E-state index in [4.69, 9.17) is 0 Å². The highest BCUT2D eigenvalue weighted by Crippen LogP contribution is 2.62. The second kappa shape index (κ2) is 32.9. The Balaban J connectivity index is 1.06. The van der Waals surface area contributed by atoms with Crippen LogP contribution in [-0.4, -0.2) is 23.6 Å². The lowest BCUT2D eigenvalue weighted by atomic mass is 9.70. The Bertz CT molecular complexity index is 5100. The fraction of sp³-hybridized carbons (Fsp3) is 0.491. The molecule has 6 heteroatoms. The molecule has 14 aromatic carbocycles. The highest BCUT2D eigenvalue weighted by atomic mass is 16.2. The van der Waals surface area contributed by atoms with Gasteiger partial charge in [-0.05, 0) is 241 Å². The van der Waals surface area contributed by atoms with E-state index in [2.05, 4.69) is 168 Å². The lowest BCUT2D eigenvalue weighted by Crippen LogP contribution is -2.42. The molecule has 0 aromatic heterocycles. The Morgan fingerprint density at radius 3 is 0.616 bits per heavy atom. The molecule has 14 aromatic rings. The maximum Gasteiger partial charge on any atom is 0.266 e. The summed E-state index contributed by atoms with van der Waals surface area (Å²) in [6.45, 7) is 26.8. The third-order valence-corrected chi connectivity index (χ3v) is 27.3.